The molecule has 2 aromatic rings. The third kappa shape index (κ3) is 4.82. The zero-order valence-corrected chi connectivity index (χ0v) is 14.4. The molecule has 0 aromatic carbocycles. The lowest BCUT2D eigenvalue weighted by molar-refractivity contribution is 0.478. The van der Waals surface area contributed by atoms with Crippen LogP contribution in [0.25, 0.3) is 0 Å². The molecule has 0 amide bonds. The fourth-order valence-corrected chi connectivity index (χ4v) is 3.55. The van der Waals surface area contributed by atoms with Gasteiger partial charge >= 0.3 is 0 Å². The number of nitrogens with one attached hydrogen (secondary N) is 1. The van der Waals surface area contributed by atoms with Crippen LogP contribution in [0.15, 0.2) is 28.0 Å². The van der Waals surface area contributed by atoms with Crippen molar-refractivity contribution in [3.8, 4) is 0 Å². The van der Waals surface area contributed by atoms with Gasteiger partial charge in [-0.1, -0.05) is 6.92 Å². The summed E-state index contributed by atoms with van der Waals surface area (Å²) in [6.07, 6.45) is 3.99. The number of nitrogens with zero attached hydrogens (tertiary/aromatic N) is 3. The van der Waals surface area contributed by atoms with Gasteiger partial charge in [0.1, 0.15) is 0 Å². The van der Waals surface area contributed by atoms with Crippen molar-refractivity contribution in [3.63, 3.8) is 0 Å². The minimum atomic E-state index is 0.858. The Morgan fingerprint density at radius 3 is 2.95 bits per heavy atom. The van der Waals surface area contributed by atoms with Gasteiger partial charge in [0.25, 0.3) is 0 Å². The summed E-state index contributed by atoms with van der Waals surface area (Å²) >= 11 is 3.53. The van der Waals surface area contributed by atoms with Crippen molar-refractivity contribution in [2.75, 3.05) is 20.6 Å². The highest BCUT2D eigenvalue weighted by molar-refractivity contribution is 7.11. The minimum absolute atomic E-state index is 0.858. The number of hydrogen-bond acceptors (Lipinski definition) is 4. The number of thiophene rings is 1. The number of guanidine groups is 1. The largest absolute Gasteiger partial charge is 0.356 e. The van der Waals surface area contributed by atoms with Crippen LogP contribution in [0.3, 0.4) is 0 Å². The van der Waals surface area contributed by atoms with Crippen molar-refractivity contribution < 1.29 is 0 Å². The molecule has 21 heavy (non-hydrogen) atoms. The van der Waals surface area contributed by atoms with E-state index in [1.54, 1.807) is 22.7 Å². The Morgan fingerprint density at radius 1 is 1.48 bits per heavy atom. The standard InChI is InChI=1S/C15H22N4S2/c1-4-13-9-18-14(21-13)5-7-17-15(16-2)19(3)10-12-6-8-20-11-12/h6,8-9,11H,4-5,7,10H2,1-3H3,(H,16,17). The van der Waals surface area contributed by atoms with E-state index in [1.807, 2.05) is 13.2 Å². The number of aryl methyl sites for hydroxylation is 1. The van der Waals surface area contributed by atoms with Gasteiger partial charge in [-0.2, -0.15) is 11.3 Å². The summed E-state index contributed by atoms with van der Waals surface area (Å²) in [5.41, 5.74) is 1.32. The second-order valence-corrected chi connectivity index (χ2v) is 6.77. The van der Waals surface area contributed by atoms with Crippen LogP contribution in [0.5, 0.6) is 0 Å². The van der Waals surface area contributed by atoms with Crippen LogP contribution < -0.4 is 5.32 Å². The first-order chi connectivity index (χ1) is 10.2. The van der Waals surface area contributed by atoms with Gasteiger partial charge < -0.3 is 10.2 Å². The molecule has 6 heteroatoms. The zero-order chi connectivity index (χ0) is 15.1. The predicted octanol–water partition coefficient (Wildman–Crippen LogP) is 3.02. The van der Waals surface area contributed by atoms with Crippen molar-refractivity contribution in [2.45, 2.75) is 26.3 Å². The lowest BCUT2D eigenvalue weighted by atomic mass is 10.3. The molecule has 0 bridgehead atoms. The molecule has 0 saturated heterocycles. The molecule has 0 radical (unpaired) electrons. The average Bonchev–Trinajstić information content (AvgIpc) is 3.14. The highest BCUT2D eigenvalue weighted by Crippen LogP contribution is 2.13. The van der Waals surface area contributed by atoms with Crippen LogP contribution in [0.1, 0.15) is 22.4 Å². The third-order valence-corrected chi connectivity index (χ3v) is 5.08. The third-order valence-electron chi connectivity index (χ3n) is 3.15. The summed E-state index contributed by atoms with van der Waals surface area (Å²) in [7, 11) is 3.89. The van der Waals surface area contributed by atoms with Crippen molar-refractivity contribution >= 4 is 28.6 Å². The van der Waals surface area contributed by atoms with Gasteiger partial charge in [0, 0.05) is 44.7 Å². The van der Waals surface area contributed by atoms with E-state index >= 15 is 0 Å². The first-order valence-electron chi connectivity index (χ1n) is 7.09. The molecule has 2 heterocycles. The molecule has 0 aliphatic rings. The maximum absolute atomic E-state index is 4.44. The van der Waals surface area contributed by atoms with Crippen LogP contribution >= 0.6 is 22.7 Å². The Bertz CT molecular complexity index is 560. The molecular weight excluding hydrogens is 300 g/mol. The van der Waals surface area contributed by atoms with Crippen LogP contribution in [0, 0.1) is 0 Å². The number of aliphatic imine (C=N–C) groups is 1. The van der Waals surface area contributed by atoms with Gasteiger partial charge in [0.05, 0.1) is 5.01 Å². The van der Waals surface area contributed by atoms with Gasteiger partial charge in [-0.25, -0.2) is 4.98 Å². The van der Waals surface area contributed by atoms with Gasteiger partial charge in [-0.3, -0.25) is 4.99 Å². The van der Waals surface area contributed by atoms with Gasteiger partial charge in [-0.15, -0.1) is 11.3 Å². The number of hydrogen-bond donors (Lipinski definition) is 1. The molecule has 2 rings (SSSR count). The second kappa shape index (κ2) is 8.14. The highest BCUT2D eigenvalue weighted by atomic mass is 32.1. The SMILES string of the molecule is CCc1cnc(CCNC(=NC)N(C)Cc2ccsc2)s1. The van der Waals surface area contributed by atoms with Crippen LogP contribution in [-0.2, 0) is 19.4 Å². The number of rotatable bonds is 6. The van der Waals surface area contributed by atoms with Crippen LogP contribution in [0.2, 0.25) is 0 Å². The van der Waals surface area contributed by atoms with E-state index in [2.05, 4.69) is 51.0 Å². The Morgan fingerprint density at radius 2 is 2.33 bits per heavy atom. The molecule has 0 fully saturated rings. The fourth-order valence-electron chi connectivity index (χ4n) is 2.02. The van der Waals surface area contributed by atoms with E-state index in [1.165, 1.54) is 15.4 Å². The molecule has 4 nitrogen and oxygen atoms in total. The van der Waals surface area contributed by atoms with E-state index in [-0.39, 0.29) is 0 Å². The fraction of sp³-hybridized carbons (Fsp3) is 0.467. The molecular formula is C15H22N4S2. The van der Waals surface area contributed by atoms with E-state index in [0.29, 0.717) is 0 Å². The van der Waals surface area contributed by atoms with Gasteiger partial charge in [-0.05, 0) is 28.8 Å². The Hall–Kier alpha value is -1.40. The molecule has 1 N–H and O–H groups in total. The van der Waals surface area contributed by atoms with Crippen molar-refractivity contribution in [1.29, 1.82) is 0 Å². The summed E-state index contributed by atoms with van der Waals surface area (Å²) in [6.45, 7) is 3.90. The average molecular weight is 323 g/mol. The Balaban J connectivity index is 1.79. The van der Waals surface area contributed by atoms with Gasteiger partial charge in [0.2, 0.25) is 0 Å². The molecule has 0 saturated carbocycles. The summed E-state index contributed by atoms with van der Waals surface area (Å²) in [6, 6.07) is 2.15. The quantitative estimate of drug-likeness (QED) is 0.656. The van der Waals surface area contributed by atoms with Crippen LogP contribution in [-0.4, -0.2) is 36.5 Å². The van der Waals surface area contributed by atoms with Crippen molar-refractivity contribution in [3.05, 3.63) is 38.5 Å². The topological polar surface area (TPSA) is 40.5 Å². The van der Waals surface area contributed by atoms with Crippen molar-refractivity contribution in [2.24, 2.45) is 4.99 Å². The maximum atomic E-state index is 4.44. The smallest absolute Gasteiger partial charge is 0.193 e. The number of aromatic nitrogens is 1. The molecule has 0 atom stereocenters. The summed E-state index contributed by atoms with van der Waals surface area (Å²) in [5.74, 6) is 0.925. The summed E-state index contributed by atoms with van der Waals surface area (Å²) in [5, 5.41) is 8.87. The van der Waals surface area contributed by atoms with E-state index in [9.17, 15) is 0 Å². The molecule has 2 aromatic heterocycles. The lowest BCUT2D eigenvalue weighted by Crippen LogP contribution is -2.39. The highest BCUT2D eigenvalue weighted by Gasteiger charge is 2.07. The van der Waals surface area contributed by atoms with E-state index in [0.717, 1.165) is 31.9 Å². The van der Waals surface area contributed by atoms with E-state index in [4.69, 9.17) is 0 Å². The molecule has 0 aliphatic carbocycles. The molecule has 0 spiro atoms. The van der Waals surface area contributed by atoms with Crippen molar-refractivity contribution in [1.82, 2.24) is 15.2 Å². The summed E-state index contributed by atoms with van der Waals surface area (Å²) in [4.78, 5) is 12.3. The monoisotopic (exact) mass is 322 g/mol. The normalized spacial score (nSPS) is 11.7. The second-order valence-electron chi connectivity index (χ2n) is 4.79. The molecule has 0 aliphatic heterocycles. The molecule has 114 valence electrons. The lowest BCUT2D eigenvalue weighted by Gasteiger charge is -2.21. The maximum Gasteiger partial charge on any atom is 0.193 e. The van der Waals surface area contributed by atoms with E-state index < -0.39 is 0 Å². The Kier molecular flexibility index (Phi) is 6.20. The predicted molar refractivity (Wildman–Crippen MR) is 92.3 cm³/mol. The first kappa shape index (κ1) is 16.0. The summed E-state index contributed by atoms with van der Waals surface area (Å²) < 4.78 is 0. The molecule has 0 unspecified atom stereocenters. The van der Waals surface area contributed by atoms with Crippen LogP contribution in [0.4, 0.5) is 0 Å². The first-order valence-corrected chi connectivity index (χ1v) is 8.85. The van der Waals surface area contributed by atoms with Gasteiger partial charge in [0.15, 0.2) is 5.96 Å². The zero-order valence-electron chi connectivity index (χ0n) is 12.8. The number of thiazole rings is 1. The Labute approximate surface area is 134 Å². The minimum Gasteiger partial charge on any atom is -0.356 e.